The van der Waals surface area contributed by atoms with Crippen molar-refractivity contribution in [1.29, 1.82) is 0 Å². The Morgan fingerprint density at radius 1 is 1.12 bits per heavy atom. The molecular weight excluding hydrogens is 240 g/mol. The predicted molar refractivity (Wildman–Crippen MR) is 65.3 cm³/mol. The number of halogens is 1. The van der Waals surface area contributed by atoms with Crippen LogP contribution in [0.3, 0.4) is 0 Å². The first-order valence-corrected chi connectivity index (χ1v) is 6.41. The molecule has 3 nitrogen and oxygen atoms in total. The highest BCUT2D eigenvalue weighted by Gasteiger charge is 2.40. The fourth-order valence-electron chi connectivity index (χ4n) is 2.36. The minimum absolute atomic E-state index is 0.0809. The van der Waals surface area contributed by atoms with Gasteiger partial charge in [-0.2, -0.15) is 0 Å². The van der Waals surface area contributed by atoms with Crippen molar-refractivity contribution in [3.63, 3.8) is 0 Å². The smallest absolute Gasteiger partial charge is 0.161 e. The minimum Gasteiger partial charge on any atom is -0.486 e. The van der Waals surface area contributed by atoms with Crippen LogP contribution in [0.15, 0.2) is 18.2 Å². The maximum atomic E-state index is 5.88. The van der Waals surface area contributed by atoms with Crippen LogP contribution in [0, 0.1) is 0 Å². The molecule has 2 aliphatic rings. The Labute approximate surface area is 106 Å². The summed E-state index contributed by atoms with van der Waals surface area (Å²) < 4.78 is 16.5. The molecule has 1 saturated heterocycles. The molecule has 0 amide bonds. The molecule has 0 aliphatic carbocycles. The Balaban J connectivity index is 1.92. The van der Waals surface area contributed by atoms with E-state index in [1.807, 2.05) is 6.07 Å². The van der Waals surface area contributed by atoms with Crippen molar-refractivity contribution in [2.45, 2.75) is 11.8 Å². The molecule has 2 aliphatic heterocycles. The molecular formula is C13H15ClO3. The van der Waals surface area contributed by atoms with Crippen LogP contribution in [0.5, 0.6) is 11.5 Å². The van der Waals surface area contributed by atoms with E-state index in [1.54, 1.807) is 0 Å². The fourth-order valence-corrected chi connectivity index (χ4v) is 2.72. The van der Waals surface area contributed by atoms with E-state index in [-0.39, 0.29) is 5.41 Å². The molecule has 0 bridgehead atoms. The van der Waals surface area contributed by atoms with Gasteiger partial charge in [-0.1, -0.05) is 6.07 Å². The number of alkyl halides is 1. The van der Waals surface area contributed by atoms with Gasteiger partial charge in [-0.3, -0.25) is 0 Å². The van der Waals surface area contributed by atoms with E-state index < -0.39 is 0 Å². The lowest BCUT2D eigenvalue weighted by Crippen LogP contribution is -2.47. The van der Waals surface area contributed by atoms with Gasteiger partial charge in [0.2, 0.25) is 0 Å². The third kappa shape index (κ3) is 1.87. The van der Waals surface area contributed by atoms with E-state index in [1.165, 1.54) is 5.56 Å². The molecule has 0 atom stereocenters. The highest BCUT2D eigenvalue weighted by Crippen LogP contribution is 2.40. The van der Waals surface area contributed by atoms with Gasteiger partial charge in [0.15, 0.2) is 11.5 Å². The van der Waals surface area contributed by atoms with Gasteiger partial charge in [0, 0.05) is 11.3 Å². The summed E-state index contributed by atoms with van der Waals surface area (Å²) in [6.45, 7) is 2.75. The molecule has 0 saturated carbocycles. The second-order valence-corrected chi connectivity index (χ2v) is 4.95. The van der Waals surface area contributed by atoms with Crippen molar-refractivity contribution in [3.8, 4) is 11.5 Å². The standard InChI is InChI=1S/C13H15ClO3/c14-4-3-13(8-15-9-13)10-1-2-11-12(7-10)17-6-5-16-11/h1-2,7H,3-6,8-9H2. The van der Waals surface area contributed by atoms with Gasteiger partial charge in [-0.15, -0.1) is 11.6 Å². The summed E-state index contributed by atoms with van der Waals surface area (Å²) >= 11 is 5.88. The van der Waals surface area contributed by atoms with E-state index in [9.17, 15) is 0 Å². The molecule has 0 aromatic heterocycles. The van der Waals surface area contributed by atoms with Crippen molar-refractivity contribution in [2.24, 2.45) is 0 Å². The zero-order valence-corrected chi connectivity index (χ0v) is 10.3. The second kappa shape index (κ2) is 4.39. The lowest BCUT2D eigenvalue weighted by molar-refractivity contribution is -0.0617. The largest absolute Gasteiger partial charge is 0.486 e. The average Bonchev–Trinajstić information content (AvgIpc) is 2.33. The molecule has 0 N–H and O–H groups in total. The Bertz CT molecular complexity index is 415. The first-order valence-electron chi connectivity index (χ1n) is 5.88. The zero-order chi connectivity index (χ0) is 11.7. The topological polar surface area (TPSA) is 27.7 Å². The van der Waals surface area contributed by atoms with Gasteiger partial charge < -0.3 is 14.2 Å². The Morgan fingerprint density at radius 3 is 2.53 bits per heavy atom. The van der Waals surface area contributed by atoms with E-state index >= 15 is 0 Å². The predicted octanol–water partition coefficient (Wildman–Crippen LogP) is 2.35. The number of hydrogen-bond donors (Lipinski definition) is 0. The number of fused-ring (bicyclic) bond motifs is 1. The molecule has 3 rings (SSSR count). The molecule has 2 heterocycles. The number of benzene rings is 1. The summed E-state index contributed by atoms with van der Waals surface area (Å²) in [6, 6.07) is 6.16. The van der Waals surface area contributed by atoms with Gasteiger partial charge in [0.1, 0.15) is 13.2 Å². The quantitative estimate of drug-likeness (QED) is 0.775. The van der Waals surface area contributed by atoms with Gasteiger partial charge >= 0.3 is 0 Å². The molecule has 4 heteroatoms. The van der Waals surface area contributed by atoms with E-state index in [2.05, 4.69) is 12.1 Å². The maximum absolute atomic E-state index is 5.88. The van der Waals surface area contributed by atoms with Crippen molar-refractivity contribution >= 4 is 11.6 Å². The van der Waals surface area contributed by atoms with Crippen molar-refractivity contribution < 1.29 is 14.2 Å². The van der Waals surface area contributed by atoms with Gasteiger partial charge in [-0.25, -0.2) is 0 Å². The third-order valence-corrected chi connectivity index (χ3v) is 3.67. The molecule has 1 aromatic carbocycles. The summed E-state index contributed by atoms with van der Waals surface area (Å²) in [5.74, 6) is 2.33. The number of ether oxygens (including phenoxy) is 3. The van der Waals surface area contributed by atoms with E-state index in [0.29, 0.717) is 19.1 Å². The second-order valence-electron chi connectivity index (χ2n) is 4.57. The molecule has 92 valence electrons. The Kier molecular flexibility index (Phi) is 2.89. The lowest BCUT2D eigenvalue weighted by Gasteiger charge is -2.42. The van der Waals surface area contributed by atoms with Crippen LogP contribution in [0.25, 0.3) is 0 Å². The van der Waals surface area contributed by atoms with Crippen molar-refractivity contribution in [3.05, 3.63) is 23.8 Å². The zero-order valence-electron chi connectivity index (χ0n) is 9.58. The molecule has 0 unspecified atom stereocenters. The number of hydrogen-bond acceptors (Lipinski definition) is 3. The van der Waals surface area contributed by atoms with Crippen molar-refractivity contribution in [1.82, 2.24) is 0 Å². The average molecular weight is 255 g/mol. The van der Waals surface area contributed by atoms with Gasteiger partial charge in [0.25, 0.3) is 0 Å². The summed E-state index contributed by atoms with van der Waals surface area (Å²) in [5.41, 5.74) is 1.33. The van der Waals surface area contributed by atoms with E-state index in [0.717, 1.165) is 31.1 Å². The normalized spacial score (nSPS) is 20.8. The summed E-state index contributed by atoms with van der Waals surface area (Å²) in [6.07, 6.45) is 0.939. The molecule has 1 fully saturated rings. The third-order valence-electron chi connectivity index (χ3n) is 3.48. The first kappa shape index (κ1) is 11.2. The van der Waals surface area contributed by atoms with E-state index in [4.69, 9.17) is 25.8 Å². The molecule has 0 radical (unpaired) electrons. The number of rotatable bonds is 3. The fraction of sp³-hybridized carbons (Fsp3) is 0.538. The SMILES string of the molecule is ClCCC1(c2ccc3c(c2)OCCO3)COC1. The lowest BCUT2D eigenvalue weighted by atomic mass is 9.76. The maximum Gasteiger partial charge on any atom is 0.161 e. The summed E-state index contributed by atoms with van der Waals surface area (Å²) in [7, 11) is 0. The highest BCUT2D eigenvalue weighted by atomic mass is 35.5. The highest BCUT2D eigenvalue weighted by molar-refractivity contribution is 6.17. The van der Waals surface area contributed by atoms with Crippen LogP contribution in [0.1, 0.15) is 12.0 Å². The molecule has 0 spiro atoms. The molecule has 17 heavy (non-hydrogen) atoms. The van der Waals surface area contributed by atoms with Gasteiger partial charge in [0.05, 0.1) is 13.2 Å². The summed E-state index contributed by atoms with van der Waals surface area (Å²) in [4.78, 5) is 0. The van der Waals surface area contributed by atoms with Crippen LogP contribution in [-0.4, -0.2) is 32.3 Å². The van der Waals surface area contributed by atoms with Crippen LogP contribution in [-0.2, 0) is 10.2 Å². The minimum atomic E-state index is 0.0809. The Hall–Kier alpha value is -0.930. The summed E-state index contributed by atoms with van der Waals surface area (Å²) in [5, 5.41) is 0. The van der Waals surface area contributed by atoms with Gasteiger partial charge in [-0.05, 0) is 24.1 Å². The van der Waals surface area contributed by atoms with Crippen LogP contribution in [0.2, 0.25) is 0 Å². The van der Waals surface area contributed by atoms with Crippen molar-refractivity contribution in [2.75, 3.05) is 32.3 Å². The van der Waals surface area contributed by atoms with Crippen LogP contribution >= 0.6 is 11.6 Å². The monoisotopic (exact) mass is 254 g/mol. The first-order chi connectivity index (χ1) is 8.34. The van der Waals surface area contributed by atoms with Crippen LogP contribution < -0.4 is 9.47 Å². The van der Waals surface area contributed by atoms with Crippen LogP contribution in [0.4, 0.5) is 0 Å². The Morgan fingerprint density at radius 2 is 1.88 bits per heavy atom. The molecule has 1 aromatic rings.